The predicted octanol–water partition coefficient (Wildman–Crippen LogP) is 3.46. The van der Waals surface area contributed by atoms with E-state index in [9.17, 15) is 19.2 Å². The second-order valence-electron chi connectivity index (χ2n) is 8.48. The highest BCUT2D eigenvalue weighted by molar-refractivity contribution is 7.10. The minimum absolute atomic E-state index is 0.0148. The summed E-state index contributed by atoms with van der Waals surface area (Å²) >= 11 is 1.46. The molecule has 1 aliphatic heterocycles. The Bertz CT molecular complexity index is 1020. The molecule has 174 valence electrons. The number of carbonyl (C=O) groups excluding carboxylic acids is 4. The molecule has 2 aliphatic rings. The molecule has 2 fully saturated rings. The lowest BCUT2D eigenvalue weighted by molar-refractivity contribution is -0.152. The minimum atomic E-state index is -0.752. The number of amides is 4. The number of nitrogens with zero attached hydrogens (tertiary/aromatic N) is 1. The number of carbonyl (C=O) groups is 4. The SMILES string of the molecule is Cc1ccc(N2C(=O)C[C@H](C(=O)OCC(=O)NC(=O)NC3CCCC3)[C@@H]2c2cccs2)cc1. The molecule has 4 rings (SSSR count). The van der Waals surface area contributed by atoms with Crippen molar-refractivity contribution in [2.75, 3.05) is 11.5 Å². The molecule has 2 heterocycles. The number of nitrogens with one attached hydrogen (secondary N) is 2. The zero-order valence-corrected chi connectivity index (χ0v) is 19.2. The molecule has 9 heteroatoms. The minimum Gasteiger partial charge on any atom is -0.455 e. The quantitative estimate of drug-likeness (QED) is 0.631. The van der Waals surface area contributed by atoms with Gasteiger partial charge in [0.2, 0.25) is 5.91 Å². The van der Waals surface area contributed by atoms with Gasteiger partial charge in [0.25, 0.3) is 5.91 Å². The third-order valence-corrected chi connectivity index (χ3v) is 7.00. The summed E-state index contributed by atoms with van der Waals surface area (Å²) in [4.78, 5) is 52.4. The number of esters is 1. The van der Waals surface area contributed by atoms with E-state index in [1.54, 1.807) is 4.90 Å². The summed E-state index contributed by atoms with van der Waals surface area (Å²) in [6, 6.07) is 10.3. The van der Waals surface area contributed by atoms with Crippen LogP contribution in [0.1, 0.15) is 48.6 Å². The summed E-state index contributed by atoms with van der Waals surface area (Å²) in [5.74, 6) is -2.27. The van der Waals surface area contributed by atoms with Crippen LogP contribution in [0.2, 0.25) is 0 Å². The maximum atomic E-state index is 12.9. The number of hydrogen-bond donors (Lipinski definition) is 2. The molecule has 1 saturated heterocycles. The molecule has 8 nitrogen and oxygen atoms in total. The summed E-state index contributed by atoms with van der Waals surface area (Å²) in [5.41, 5.74) is 1.78. The Kier molecular flexibility index (Phi) is 7.08. The molecule has 4 amide bonds. The first-order valence-electron chi connectivity index (χ1n) is 11.1. The lowest BCUT2D eigenvalue weighted by Gasteiger charge is -2.27. The number of anilines is 1. The summed E-state index contributed by atoms with van der Waals surface area (Å²) in [6.07, 6.45) is 3.89. The molecule has 0 radical (unpaired) electrons. The molecule has 2 N–H and O–H groups in total. The maximum Gasteiger partial charge on any atom is 0.321 e. The highest BCUT2D eigenvalue weighted by Crippen LogP contribution is 2.43. The largest absolute Gasteiger partial charge is 0.455 e. The Labute approximate surface area is 196 Å². The molecule has 1 aromatic carbocycles. The lowest BCUT2D eigenvalue weighted by Crippen LogP contribution is -2.45. The van der Waals surface area contributed by atoms with Crippen LogP contribution >= 0.6 is 11.3 Å². The fourth-order valence-electron chi connectivity index (χ4n) is 4.44. The monoisotopic (exact) mass is 469 g/mol. The van der Waals surface area contributed by atoms with E-state index < -0.39 is 36.5 Å². The van der Waals surface area contributed by atoms with Crippen molar-refractivity contribution < 1.29 is 23.9 Å². The van der Waals surface area contributed by atoms with Crippen LogP contribution in [-0.2, 0) is 19.1 Å². The third kappa shape index (κ3) is 5.42. The van der Waals surface area contributed by atoms with Crippen molar-refractivity contribution >= 4 is 40.8 Å². The smallest absolute Gasteiger partial charge is 0.321 e. The Morgan fingerprint density at radius 1 is 1.12 bits per heavy atom. The lowest BCUT2D eigenvalue weighted by atomic mass is 9.99. The van der Waals surface area contributed by atoms with Crippen molar-refractivity contribution in [2.45, 2.75) is 51.1 Å². The first-order chi connectivity index (χ1) is 15.9. The molecular weight excluding hydrogens is 442 g/mol. The van der Waals surface area contributed by atoms with E-state index in [0.717, 1.165) is 36.1 Å². The Hall–Kier alpha value is -3.20. The molecular formula is C24H27N3O5S. The molecule has 1 aliphatic carbocycles. The number of ether oxygens (including phenoxy) is 1. The van der Waals surface area contributed by atoms with Crippen molar-refractivity contribution in [1.82, 2.24) is 10.6 Å². The molecule has 0 bridgehead atoms. The van der Waals surface area contributed by atoms with Gasteiger partial charge in [0.15, 0.2) is 6.61 Å². The van der Waals surface area contributed by atoms with Gasteiger partial charge >= 0.3 is 12.0 Å². The van der Waals surface area contributed by atoms with Gasteiger partial charge in [-0.15, -0.1) is 11.3 Å². The van der Waals surface area contributed by atoms with Gasteiger partial charge in [-0.1, -0.05) is 36.6 Å². The van der Waals surface area contributed by atoms with E-state index in [4.69, 9.17) is 4.74 Å². The Morgan fingerprint density at radius 3 is 2.52 bits per heavy atom. The summed E-state index contributed by atoms with van der Waals surface area (Å²) in [6.45, 7) is 1.38. The van der Waals surface area contributed by atoms with Gasteiger partial charge in [-0.25, -0.2) is 4.79 Å². The Balaban J connectivity index is 1.40. The van der Waals surface area contributed by atoms with E-state index in [1.165, 1.54) is 11.3 Å². The third-order valence-electron chi connectivity index (χ3n) is 6.06. The fraction of sp³-hybridized carbons (Fsp3) is 0.417. The number of benzene rings is 1. The fourth-order valence-corrected chi connectivity index (χ4v) is 5.32. The van der Waals surface area contributed by atoms with E-state index in [-0.39, 0.29) is 18.4 Å². The molecule has 33 heavy (non-hydrogen) atoms. The van der Waals surface area contributed by atoms with Gasteiger partial charge < -0.3 is 15.0 Å². The van der Waals surface area contributed by atoms with Crippen LogP contribution in [-0.4, -0.2) is 36.5 Å². The van der Waals surface area contributed by atoms with Crippen LogP contribution in [0, 0.1) is 12.8 Å². The topological polar surface area (TPSA) is 105 Å². The summed E-state index contributed by atoms with van der Waals surface area (Å²) in [5, 5.41) is 6.84. The van der Waals surface area contributed by atoms with Gasteiger partial charge in [0.1, 0.15) is 0 Å². The molecule has 1 saturated carbocycles. The van der Waals surface area contributed by atoms with E-state index in [0.29, 0.717) is 5.69 Å². The van der Waals surface area contributed by atoms with Crippen LogP contribution in [0.5, 0.6) is 0 Å². The second kappa shape index (κ2) is 10.2. The number of urea groups is 1. The summed E-state index contributed by atoms with van der Waals surface area (Å²) < 4.78 is 5.23. The van der Waals surface area contributed by atoms with Crippen LogP contribution in [0.3, 0.4) is 0 Å². The van der Waals surface area contributed by atoms with Gasteiger partial charge in [-0.2, -0.15) is 0 Å². The first-order valence-corrected chi connectivity index (χ1v) is 12.0. The highest BCUT2D eigenvalue weighted by Gasteiger charge is 2.46. The van der Waals surface area contributed by atoms with Gasteiger partial charge in [0.05, 0.1) is 12.0 Å². The number of hydrogen-bond acceptors (Lipinski definition) is 6. The van der Waals surface area contributed by atoms with Crippen LogP contribution in [0.4, 0.5) is 10.5 Å². The van der Waals surface area contributed by atoms with Gasteiger partial charge in [0, 0.05) is 23.0 Å². The summed E-state index contributed by atoms with van der Waals surface area (Å²) in [7, 11) is 0. The molecule has 2 atom stereocenters. The standard InChI is InChI=1S/C24H27N3O5S/c1-15-8-10-17(11-9-15)27-21(29)13-18(22(27)19-7-4-12-33-19)23(30)32-14-20(28)26-24(31)25-16-5-2-3-6-16/h4,7-12,16,18,22H,2-3,5-6,13-14H2,1H3,(H2,25,26,28,31)/t18-,22+/m0/s1. The van der Waals surface area contributed by atoms with Crippen molar-refractivity contribution in [1.29, 1.82) is 0 Å². The highest BCUT2D eigenvalue weighted by atomic mass is 32.1. The van der Waals surface area contributed by atoms with E-state index in [2.05, 4.69) is 10.6 Å². The van der Waals surface area contributed by atoms with Crippen molar-refractivity contribution in [3.8, 4) is 0 Å². The second-order valence-corrected chi connectivity index (χ2v) is 9.46. The van der Waals surface area contributed by atoms with E-state index >= 15 is 0 Å². The maximum absolute atomic E-state index is 12.9. The van der Waals surface area contributed by atoms with Crippen molar-refractivity contribution in [3.63, 3.8) is 0 Å². The number of imide groups is 1. The van der Waals surface area contributed by atoms with E-state index in [1.807, 2.05) is 48.7 Å². The van der Waals surface area contributed by atoms with Crippen LogP contribution in [0.25, 0.3) is 0 Å². The zero-order chi connectivity index (χ0) is 23.4. The number of aryl methyl sites for hydroxylation is 1. The van der Waals surface area contributed by atoms with Crippen molar-refractivity contribution in [2.24, 2.45) is 5.92 Å². The van der Waals surface area contributed by atoms with Gasteiger partial charge in [-0.3, -0.25) is 19.7 Å². The molecule has 1 aromatic heterocycles. The Morgan fingerprint density at radius 2 is 1.85 bits per heavy atom. The van der Waals surface area contributed by atoms with Crippen molar-refractivity contribution in [3.05, 3.63) is 52.2 Å². The average molecular weight is 470 g/mol. The van der Waals surface area contributed by atoms with Crippen LogP contribution < -0.4 is 15.5 Å². The van der Waals surface area contributed by atoms with Crippen LogP contribution in [0.15, 0.2) is 41.8 Å². The average Bonchev–Trinajstić information content (AvgIpc) is 3.54. The number of rotatable bonds is 6. The molecule has 0 spiro atoms. The van der Waals surface area contributed by atoms with Gasteiger partial charge in [-0.05, 0) is 43.3 Å². The normalized spacial score (nSPS) is 20.6. The molecule has 2 aromatic rings. The number of thiophene rings is 1. The predicted molar refractivity (Wildman–Crippen MR) is 124 cm³/mol. The molecule has 0 unspecified atom stereocenters. The first kappa shape index (κ1) is 23.0. The zero-order valence-electron chi connectivity index (χ0n) is 18.4.